The minimum atomic E-state index is -0.0999. The van der Waals surface area contributed by atoms with Crippen LogP contribution in [0.25, 0.3) is 0 Å². The lowest BCUT2D eigenvalue weighted by atomic mass is 9.98. The Morgan fingerprint density at radius 2 is 2.11 bits per heavy atom. The molecule has 0 aliphatic heterocycles. The van der Waals surface area contributed by atoms with Crippen molar-refractivity contribution in [2.24, 2.45) is 5.73 Å². The van der Waals surface area contributed by atoms with E-state index in [1.165, 1.54) is 11.9 Å². The third-order valence-electron chi connectivity index (χ3n) is 2.98. The van der Waals surface area contributed by atoms with Gasteiger partial charge in [0.25, 0.3) is 0 Å². The van der Waals surface area contributed by atoms with E-state index in [-0.39, 0.29) is 6.04 Å². The number of ether oxygens (including phenoxy) is 1. The van der Waals surface area contributed by atoms with Crippen LogP contribution in [0.3, 0.4) is 0 Å². The van der Waals surface area contributed by atoms with Gasteiger partial charge in [0.05, 0.1) is 7.11 Å². The molecule has 2 N–H and O–H groups in total. The van der Waals surface area contributed by atoms with Gasteiger partial charge < -0.3 is 10.5 Å². The van der Waals surface area contributed by atoms with Crippen LogP contribution in [0.15, 0.2) is 35.1 Å². The highest BCUT2D eigenvalue weighted by Gasteiger charge is 2.12. The molecule has 0 saturated heterocycles. The number of nitrogens with two attached hydrogens (primary N) is 1. The van der Waals surface area contributed by atoms with Crippen molar-refractivity contribution in [2.45, 2.75) is 19.4 Å². The van der Waals surface area contributed by atoms with Gasteiger partial charge in [-0.15, -0.1) is 0 Å². The summed E-state index contributed by atoms with van der Waals surface area (Å²) in [6.07, 6.45) is 2.14. The Morgan fingerprint density at radius 1 is 1.32 bits per heavy atom. The van der Waals surface area contributed by atoms with Crippen LogP contribution in [0.4, 0.5) is 0 Å². The number of benzene rings is 1. The Bertz CT molecular complexity index is 574. The molecule has 0 amide bonds. The maximum Gasteiger partial charge on any atom is 0.216 e. The lowest BCUT2D eigenvalue weighted by Crippen LogP contribution is -2.15. The number of methoxy groups -OCH3 is 1. The summed E-state index contributed by atoms with van der Waals surface area (Å²) in [6, 6.07) is 7.84. The highest BCUT2D eigenvalue weighted by atomic mass is 79.9. The topological polar surface area (TPSA) is 61.0 Å². The van der Waals surface area contributed by atoms with Crippen molar-refractivity contribution >= 4 is 15.9 Å². The number of nitrogens with zero attached hydrogens (tertiary/aromatic N) is 2. The predicted octanol–water partition coefficient (Wildman–Crippen LogP) is 2.80. The summed E-state index contributed by atoms with van der Waals surface area (Å²) in [5.74, 6) is 0.558. The maximum absolute atomic E-state index is 6.27. The second kappa shape index (κ2) is 6.12. The number of halogens is 1. The molecule has 0 saturated carbocycles. The molecule has 100 valence electrons. The first-order valence-electron chi connectivity index (χ1n) is 5.96. The zero-order valence-electron chi connectivity index (χ0n) is 10.9. The lowest BCUT2D eigenvalue weighted by molar-refractivity contribution is 0.395. The van der Waals surface area contributed by atoms with Crippen molar-refractivity contribution in [3.8, 4) is 5.88 Å². The molecule has 0 fully saturated rings. The summed E-state index contributed by atoms with van der Waals surface area (Å²) in [6.45, 7) is 2.06. The number of aromatic nitrogens is 2. The first-order valence-corrected chi connectivity index (χ1v) is 6.76. The van der Waals surface area contributed by atoms with Crippen molar-refractivity contribution in [1.82, 2.24) is 9.97 Å². The smallest absolute Gasteiger partial charge is 0.216 e. The van der Waals surface area contributed by atoms with Crippen LogP contribution in [0.2, 0.25) is 0 Å². The van der Waals surface area contributed by atoms with Crippen molar-refractivity contribution < 1.29 is 4.74 Å². The van der Waals surface area contributed by atoms with Crippen molar-refractivity contribution in [3.63, 3.8) is 0 Å². The fraction of sp³-hybridized carbons (Fsp3) is 0.286. The van der Waals surface area contributed by atoms with E-state index in [2.05, 4.69) is 45.0 Å². The molecule has 5 heteroatoms. The van der Waals surface area contributed by atoms with Gasteiger partial charge in [-0.25, -0.2) is 9.97 Å². The lowest BCUT2D eigenvalue weighted by Gasteiger charge is -2.15. The van der Waals surface area contributed by atoms with Crippen LogP contribution in [0, 0.1) is 6.92 Å². The third-order valence-corrected chi connectivity index (χ3v) is 3.47. The molecule has 0 spiro atoms. The molecule has 1 unspecified atom stereocenters. The molecule has 2 rings (SSSR count). The molecule has 0 bridgehead atoms. The van der Waals surface area contributed by atoms with E-state index in [1.807, 2.05) is 12.1 Å². The molecule has 1 aromatic carbocycles. The average molecular weight is 322 g/mol. The van der Waals surface area contributed by atoms with Gasteiger partial charge in [0, 0.05) is 28.7 Å². The molecule has 0 radical (unpaired) electrons. The minimum absolute atomic E-state index is 0.0999. The van der Waals surface area contributed by atoms with Gasteiger partial charge >= 0.3 is 0 Å². The van der Waals surface area contributed by atoms with E-state index in [4.69, 9.17) is 10.5 Å². The number of aryl methyl sites for hydroxylation is 1. The Labute approximate surface area is 121 Å². The van der Waals surface area contributed by atoms with Gasteiger partial charge in [-0.2, -0.15) is 0 Å². The van der Waals surface area contributed by atoms with Gasteiger partial charge in [-0.1, -0.05) is 22.0 Å². The first kappa shape index (κ1) is 14.0. The summed E-state index contributed by atoms with van der Waals surface area (Å²) in [7, 11) is 1.59. The highest BCUT2D eigenvalue weighted by molar-refractivity contribution is 9.10. The summed E-state index contributed by atoms with van der Waals surface area (Å²) >= 11 is 3.47. The van der Waals surface area contributed by atoms with Crippen LogP contribution in [-0.4, -0.2) is 17.1 Å². The van der Waals surface area contributed by atoms with Gasteiger partial charge in [0.2, 0.25) is 5.88 Å². The quantitative estimate of drug-likeness (QED) is 0.940. The fourth-order valence-electron chi connectivity index (χ4n) is 1.95. The Hall–Kier alpha value is -1.46. The third kappa shape index (κ3) is 3.52. The predicted molar refractivity (Wildman–Crippen MR) is 78.1 cm³/mol. The van der Waals surface area contributed by atoms with Gasteiger partial charge in [-0.3, -0.25) is 0 Å². The molecular formula is C14H16BrN3O. The summed E-state index contributed by atoms with van der Waals surface area (Å²) in [5.41, 5.74) is 9.44. The molecule has 0 aliphatic rings. The van der Waals surface area contributed by atoms with E-state index < -0.39 is 0 Å². The van der Waals surface area contributed by atoms with E-state index in [1.54, 1.807) is 7.11 Å². The van der Waals surface area contributed by atoms with Gasteiger partial charge in [0.15, 0.2) is 0 Å². The fourth-order valence-corrected chi connectivity index (χ4v) is 2.33. The first-order chi connectivity index (χ1) is 9.10. The van der Waals surface area contributed by atoms with Crippen molar-refractivity contribution in [2.75, 3.05) is 7.11 Å². The molecule has 0 aliphatic carbocycles. The summed E-state index contributed by atoms with van der Waals surface area (Å²) < 4.78 is 6.12. The van der Waals surface area contributed by atoms with E-state index in [0.29, 0.717) is 12.3 Å². The SMILES string of the molecule is COc1cc(CC(N)c2cc(Br)ccc2C)ncn1. The Kier molecular flexibility index (Phi) is 4.50. The van der Waals surface area contributed by atoms with Crippen molar-refractivity contribution in [3.05, 3.63) is 51.9 Å². The van der Waals surface area contributed by atoms with Crippen LogP contribution >= 0.6 is 15.9 Å². The molecule has 1 heterocycles. The monoisotopic (exact) mass is 321 g/mol. The van der Waals surface area contributed by atoms with Gasteiger partial charge in [-0.05, 0) is 30.2 Å². The summed E-state index contributed by atoms with van der Waals surface area (Å²) in [5, 5.41) is 0. The average Bonchev–Trinajstić information content (AvgIpc) is 2.41. The van der Waals surface area contributed by atoms with E-state index in [9.17, 15) is 0 Å². The van der Waals surface area contributed by atoms with Crippen LogP contribution < -0.4 is 10.5 Å². The molecule has 1 aromatic heterocycles. The summed E-state index contributed by atoms with van der Waals surface area (Å²) in [4.78, 5) is 8.21. The maximum atomic E-state index is 6.27. The molecule has 1 atom stereocenters. The van der Waals surface area contributed by atoms with E-state index in [0.717, 1.165) is 15.7 Å². The molecule has 2 aromatic rings. The zero-order valence-corrected chi connectivity index (χ0v) is 12.5. The Balaban J connectivity index is 2.20. The van der Waals surface area contributed by atoms with Crippen molar-refractivity contribution in [1.29, 1.82) is 0 Å². The van der Waals surface area contributed by atoms with Crippen LogP contribution in [0.5, 0.6) is 5.88 Å². The standard InChI is InChI=1S/C14H16BrN3O/c1-9-3-4-10(15)5-12(9)13(16)6-11-7-14(19-2)18-8-17-11/h3-5,7-8,13H,6,16H2,1-2H3. The number of rotatable bonds is 4. The van der Waals surface area contributed by atoms with E-state index >= 15 is 0 Å². The zero-order chi connectivity index (χ0) is 13.8. The largest absolute Gasteiger partial charge is 0.481 e. The molecule has 4 nitrogen and oxygen atoms in total. The van der Waals surface area contributed by atoms with Crippen LogP contribution in [-0.2, 0) is 6.42 Å². The normalized spacial score (nSPS) is 12.2. The molecule has 19 heavy (non-hydrogen) atoms. The Morgan fingerprint density at radius 3 is 2.84 bits per heavy atom. The highest BCUT2D eigenvalue weighted by Crippen LogP contribution is 2.23. The van der Waals surface area contributed by atoms with Crippen LogP contribution in [0.1, 0.15) is 22.9 Å². The minimum Gasteiger partial charge on any atom is -0.481 e. The number of hydrogen-bond acceptors (Lipinski definition) is 4. The molecular weight excluding hydrogens is 306 g/mol. The van der Waals surface area contributed by atoms with Gasteiger partial charge in [0.1, 0.15) is 6.33 Å². The second-order valence-corrected chi connectivity index (χ2v) is 5.28. The number of hydrogen-bond donors (Lipinski definition) is 1. The second-order valence-electron chi connectivity index (χ2n) is 4.36.